The summed E-state index contributed by atoms with van der Waals surface area (Å²) in [5, 5.41) is 0. The number of rotatable bonds is 2. The van der Waals surface area contributed by atoms with Crippen LogP contribution in [0, 0.1) is 0 Å². The van der Waals surface area contributed by atoms with Gasteiger partial charge in [-0.2, -0.15) is 0 Å². The van der Waals surface area contributed by atoms with E-state index >= 15 is 0 Å². The van der Waals surface area contributed by atoms with Crippen molar-refractivity contribution in [2.45, 2.75) is 6.42 Å². The maximum atomic E-state index is 4.28. The fraction of sp³-hybridized carbons (Fsp3) is 0.273. The van der Waals surface area contributed by atoms with Gasteiger partial charge in [-0.3, -0.25) is 4.99 Å². The van der Waals surface area contributed by atoms with Gasteiger partial charge in [-0.15, -0.1) is 0 Å². The molecular formula is C11H13N3. The maximum Gasteiger partial charge on any atom is 0.132 e. The van der Waals surface area contributed by atoms with E-state index in [0.29, 0.717) is 0 Å². The summed E-state index contributed by atoms with van der Waals surface area (Å²) in [5.41, 5.74) is 1.12. The summed E-state index contributed by atoms with van der Waals surface area (Å²) in [6.45, 7) is 0.902. The Balaban J connectivity index is 2.20. The van der Waals surface area contributed by atoms with E-state index in [4.69, 9.17) is 0 Å². The van der Waals surface area contributed by atoms with E-state index < -0.39 is 0 Å². The molecule has 0 unspecified atom stereocenters. The molecule has 0 amide bonds. The van der Waals surface area contributed by atoms with E-state index in [1.807, 2.05) is 36.4 Å². The lowest BCUT2D eigenvalue weighted by Gasteiger charge is -2.20. The van der Waals surface area contributed by atoms with Gasteiger partial charge in [0.1, 0.15) is 5.82 Å². The number of pyridine rings is 1. The van der Waals surface area contributed by atoms with E-state index in [0.717, 1.165) is 24.5 Å². The van der Waals surface area contributed by atoms with Gasteiger partial charge in [-0.1, -0.05) is 12.1 Å². The predicted molar refractivity (Wildman–Crippen MR) is 58.7 cm³/mol. The highest BCUT2D eigenvalue weighted by Gasteiger charge is 2.06. The van der Waals surface area contributed by atoms with Crippen LogP contribution in [0.5, 0.6) is 0 Å². The summed E-state index contributed by atoms with van der Waals surface area (Å²) in [7, 11) is 2.01. The molecule has 2 rings (SSSR count). The Kier molecular flexibility index (Phi) is 2.58. The molecule has 1 aliphatic rings. The number of anilines is 1. The highest BCUT2D eigenvalue weighted by atomic mass is 15.2. The van der Waals surface area contributed by atoms with E-state index in [1.54, 1.807) is 6.20 Å². The molecule has 0 aromatic carbocycles. The van der Waals surface area contributed by atoms with Crippen LogP contribution < -0.4 is 4.90 Å². The molecule has 72 valence electrons. The zero-order valence-corrected chi connectivity index (χ0v) is 8.22. The lowest BCUT2D eigenvalue weighted by molar-refractivity contribution is 0.962. The highest BCUT2D eigenvalue weighted by molar-refractivity contribution is 5.84. The molecule has 14 heavy (non-hydrogen) atoms. The molecule has 0 atom stereocenters. The molecule has 0 radical (unpaired) electrons. The number of dihydropyridines is 1. The minimum atomic E-state index is 0.902. The molecule has 0 fully saturated rings. The third kappa shape index (κ3) is 1.82. The summed E-state index contributed by atoms with van der Waals surface area (Å²) >= 11 is 0. The number of hydrogen-bond acceptors (Lipinski definition) is 3. The molecule has 3 heteroatoms. The number of aliphatic imine (C=N–C) groups is 1. The molecule has 0 aliphatic carbocycles. The summed E-state index contributed by atoms with van der Waals surface area (Å²) in [6, 6.07) is 5.89. The molecule has 1 aromatic heterocycles. The highest BCUT2D eigenvalue weighted by Crippen LogP contribution is 2.14. The smallest absolute Gasteiger partial charge is 0.132 e. The topological polar surface area (TPSA) is 28.5 Å². The lowest BCUT2D eigenvalue weighted by atomic mass is 10.2. The van der Waals surface area contributed by atoms with Crippen molar-refractivity contribution in [2.75, 3.05) is 18.5 Å². The number of nitrogens with zero attached hydrogens (tertiary/aromatic N) is 3. The van der Waals surface area contributed by atoms with Crippen molar-refractivity contribution >= 4 is 12.0 Å². The van der Waals surface area contributed by atoms with Gasteiger partial charge in [0.25, 0.3) is 0 Å². The normalized spacial score (nSPS) is 15.1. The first-order chi connectivity index (χ1) is 6.88. The first kappa shape index (κ1) is 8.94. The average Bonchev–Trinajstić information content (AvgIpc) is 2.30. The van der Waals surface area contributed by atoms with Gasteiger partial charge in [0.2, 0.25) is 0 Å². The van der Waals surface area contributed by atoms with Crippen LogP contribution in [0.3, 0.4) is 0 Å². The second-order valence-electron chi connectivity index (χ2n) is 3.20. The number of hydrogen-bond donors (Lipinski definition) is 0. The van der Waals surface area contributed by atoms with E-state index in [1.165, 1.54) is 0 Å². The van der Waals surface area contributed by atoms with Gasteiger partial charge in [-0.05, 0) is 18.6 Å². The number of aromatic nitrogens is 1. The van der Waals surface area contributed by atoms with Crippen molar-refractivity contribution in [3.63, 3.8) is 0 Å². The molecule has 0 N–H and O–H groups in total. The van der Waals surface area contributed by atoms with E-state index in [9.17, 15) is 0 Å². The summed E-state index contributed by atoms with van der Waals surface area (Å²) in [6.07, 6.45) is 6.90. The van der Waals surface area contributed by atoms with Crippen LogP contribution in [0.1, 0.15) is 6.42 Å². The average molecular weight is 187 g/mol. The van der Waals surface area contributed by atoms with E-state index in [-0.39, 0.29) is 0 Å². The third-order valence-electron chi connectivity index (χ3n) is 2.22. The standard InChI is InChI=1S/C11H13N3/c1-14(10-5-4-7-12-9-10)11-6-2-3-8-13-11/h2-3,5-6,8-9H,4,7H2,1H3. The Bertz CT molecular complexity index is 354. The summed E-state index contributed by atoms with van der Waals surface area (Å²) < 4.78 is 0. The zero-order valence-electron chi connectivity index (χ0n) is 8.22. The minimum Gasteiger partial charge on any atom is -0.328 e. The van der Waals surface area contributed by atoms with Gasteiger partial charge >= 0.3 is 0 Å². The van der Waals surface area contributed by atoms with Crippen LogP contribution in [0.25, 0.3) is 0 Å². The Labute approximate surface area is 83.8 Å². The largest absolute Gasteiger partial charge is 0.328 e. The van der Waals surface area contributed by atoms with Crippen molar-refractivity contribution in [3.8, 4) is 0 Å². The molecule has 1 aromatic rings. The summed E-state index contributed by atoms with van der Waals surface area (Å²) in [4.78, 5) is 10.6. The second-order valence-corrected chi connectivity index (χ2v) is 3.20. The number of allylic oxidation sites excluding steroid dienone is 1. The van der Waals surface area contributed by atoms with Gasteiger partial charge < -0.3 is 4.90 Å². The second kappa shape index (κ2) is 4.05. The van der Waals surface area contributed by atoms with Crippen LogP contribution in [-0.2, 0) is 0 Å². The Morgan fingerprint density at radius 2 is 2.29 bits per heavy atom. The van der Waals surface area contributed by atoms with Crippen molar-refractivity contribution in [3.05, 3.63) is 36.2 Å². The van der Waals surface area contributed by atoms with Crippen LogP contribution in [0.2, 0.25) is 0 Å². The van der Waals surface area contributed by atoms with Crippen molar-refractivity contribution < 1.29 is 0 Å². The first-order valence-corrected chi connectivity index (χ1v) is 4.72. The fourth-order valence-corrected chi connectivity index (χ4v) is 1.41. The van der Waals surface area contributed by atoms with Crippen LogP contribution >= 0.6 is 0 Å². The van der Waals surface area contributed by atoms with Crippen LogP contribution in [0.4, 0.5) is 5.82 Å². The molecule has 3 nitrogen and oxygen atoms in total. The van der Waals surface area contributed by atoms with E-state index in [2.05, 4.69) is 16.1 Å². The Morgan fingerprint density at radius 1 is 1.36 bits per heavy atom. The molecular weight excluding hydrogens is 174 g/mol. The zero-order chi connectivity index (χ0) is 9.80. The van der Waals surface area contributed by atoms with Crippen molar-refractivity contribution in [2.24, 2.45) is 4.99 Å². The maximum absolute atomic E-state index is 4.28. The Hall–Kier alpha value is -1.64. The first-order valence-electron chi connectivity index (χ1n) is 4.72. The predicted octanol–water partition coefficient (Wildman–Crippen LogP) is 1.88. The monoisotopic (exact) mass is 187 g/mol. The van der Waals surface area contributed by atoms with Crippen LogP contribution in [0.15, 0.2) is 41.2 Å². The molecule has 2 heterocycles. The van der Waals surface area contributed by atoms with Crippen molar-refractivity contribution in [1.82, 2.24) is 4.98 Å². The Morgan fingerprint density at radius 3 is 2.93 bits per heavy atom. The van der Waals surface area contributed by atoms with Gasteiger partial charge in [-0.25, -0.2) is 4.98 Å². The molecule has 1 aliphatic heterocycles. The molecule has 0 saturated carbocycles. The molecule has 0 bridgehead atoms. The molecule has 0 spiro atoms. The quantitative estimate of drug-likeness (QED) is 0.707. The fourth-order valence-electron chi connectivity index (χ4n) is 1.41. The van der Waals surface area contributed by atoms with Gasteiger partial charge in [0.15, 0.2) is 0 Å². The minimum absolute atomic E-state index is 0.902. The van der Waals surface area contributed by atoms with Crippen LogP contribution in [-0.4, -0.2) is 24.8 Å². The lowest BCUT2D eigenvalue weighted by Crippen LogP contribution is -2.20. The van der Waals surface area contributed by atoms with Crippen molar-refractivity contribution in [1.29, 1.82) is 0 Å². The van der Waals surface area contributed by atoms with Gasteiger partial charge in [0, 0.05) is 26.0 Å². The van der Waals surface area contributed by atoms with Gasteiger partial charge in [0.05, 0.1) is 5.70 Å². The summed E-state index contributed by atoms with van der Waals surface area (Å²) in [5.74, 6) is 0.951. The molecule has 0 saturated heterocycles. The third-order valence-corrected chi connectivity index (χ3v) is 2.22. The SMILES string of the molecule is CN(C1=CCCN=C1)c1ccccn1.